The maximum Gasteiger partial charge on any atom is 0.321 e. The zero-order valence-corrected chi connectivity index (χ0v) is 14.2. The molecule has 2 heterocycles. The van der Waals surface area contributed by atoms with Gasteiger partial charge in [-0.25, -0.2) is 9.97 Å². The van der Waals surface area contributed by atoms with Gasteiger partial charge in [0.25, 0.3) is 0 Å². The molecule has 1 aliphatic heterocycles. The molecule has 3 rings (SSSR count). The number of hydrogen-bond donors (Lipinski definition) is 1. The van der Waals surface area contributed by atoms with E-state index in [0.717, 1.165) is 41.9 Å². The Morgan fingerprint density at radius 1 is 1.25 bits per heavy atom. The van der Waals surface area contributed by atoms with Crippen LogP contribution in [0.15, 0.2) is 41.6 Å². The number of anilines is 1. The Labute approximate surface area is 144 Å². The molecule has 1 aliphatic rings. The van der Waals surface area contributed by atoms with Gasteiger partial charge in [-0.3, -0.25) is 4.79 Å². The van der Waals surface area contributed by atoms with Gasteiger partial charge in [0.05, 0.1) is 13.2 Å². The van der Waals surface area contributed by atoms with Crippen molar-refractivity contribution in [3.8, 4) is 0 Å². The van der Waals surface area contributed by atoms with E-state index in [-0.39, 0.29) is 0 Å². The lowest BCUT2D eigenvalue weighted by Gasteiger charge is -2.28. The molecule has 0 saturated carbocycles. The third-order valence-electron chi connectivity index (χ3n) is 3.71. The summed E-state index contributed by atoms with van der Waals surface area (Å²) in [4.78, 5) is 22.8. The number of ether oxygens (including phenoxy) is 1. The molecule has 7 heteroatoms. The van der Waals surface area contributed by atoms with Crippen molar-refractivity contribution in [1.82, 2.24) is 9.97 Å². The summed E-state index contributed by atoms with van der Waals surface area (Å²) in [5.41, 5.74) is 1.55. The van der Waals surface area contributed by atoms with Crippen molar-refractivity contribution in [3.05, 3.63) is 47.7 Å². The summed E-state index contributed by atoms with van der Waals surface area (Å²) in [5.74, 6) is -0.0743. The van der Waals surface area contributed by atoms with E-state index in [1.54, 1.807) is 0 Å². The quantitative estimate of drug-likeness (QED) is 0.659. The Balaban J connectivity index is 1.85. The average Bonchev–Trinajstić information content (AvgIpc) is 2.60. The highest BCUT2D eigenvalue weighted by Crippen LogP contribution is 2.34. The topological polar surface area (TPSA) is 75.5 Å². The first kappa shape index (κ1) is 16.7. The number of carboxylic acids is 1. The Morgan fingerprint density at radius 3 is 2.62 bits per heavy atom. The first-order chi connectivity index (χ1) is 11.6. The van der Waals surface area contributed by atoms with E-state index in [1.807, 2.05) is 43.3 Å². The smallest absolute Gasteiger partial charge is 0.321 e. The molecule has 1 aromatic carbocycles. The van der Waals surface area contributed by atoms with Crippen LogP contribution in [-0.4, -0.2) is 47.3 Å². The Hall–Kier alpha value is -2.12. The molecule has 0 aliphatic carbocycles. The van der Waals surface area contributed by atoms with Gasteiger partial charge in [-0.05, 0) is 12.5 Å². The van der Waals surface area contributed by atoms with Crippen LogP contribution in [0.25, 0.3) is 0 Å². The van der Waals surface area contributed by atoms with Crippen LogP contribution in [0.1, 0.15) is 16.5 Å². The predicted octanol–water partition coefficient (Wildman–Crippen LogP) is 2.54. The molecule has 1 fully saturated rings. The monoisotopic (exact) mass is 345 g/mol. The fourth-order valence-electron chi connectivity index (χ4n) is 2.53. The largest absolute Gasteiger partial charge is 0.480 e. The normalized spacial score (nSPS) is 16.0. The van der Waals surface area contributed by atoms with Gasteiger partial charge in [-0.1, -0.05) is 42.1 Å². The third kappa shape index (κ3) is 4.04. The summed E-state index contributed by atoms with van der Waals surface area (Å²) in [7, 11) is 0. The van der Waals surface area contributed by atoms with Crippen LogP contribution >= 0.6 is 11.8 Å². The first-order valence-corrected chi connectivity index (χ1v) is 8.64. The zero-order valence-electron chi connectivity index (χ0n) is 13.4. The summed E-state index contributed by atoms with van der Waals surface area (Å²) in [6.45, 7) is 4.80. The van der Waals surface area contributed by atoms with Crippen molar-refractivity contribution >= 4 is 23.5 Å². The number of aromatic nitrogens is 2. The van der Waals surface area contributed by atoms with E-state index in [0.29, 0.717) is 18.4 Å². The molecule has 1 aromatic heterocycles. The number of nitrogens with zero attached hydrogens (tertiary/aromatic N) is 3. The summed E-state index contributed by atoms with van der Waals surface area (Å²) < 4.78 is 5.37. The van der Waals surface area contributed by atoms with Crippen molar-refractivity contribution in [2.75, 3.05) is 31.2 Å². The minimum atomic E-state index is -0.899. The Morgan fingerprint density at radius 2 is 1.96 bits per heavy atom. The Bertz CT molecular complexity index is 705. The van der Waals surface area contributed by atoms with Crippen LogP contribution in [0.4, 0.5) is 5.82 Å². The molecule has 1 saturated heterocycles. The maximum atomic E-state index is 11.7. The fraction of sp³-hybridized carbons (Fsp3) is 0.353. The van der Waals surface area contributed by atoms with Crippen molar-refractivity contribution in [3.63, 3.8) is 0 Å². The molecule has 126 valence electrons. The van der Waals surface area contributed by atoms with E-state index >= 15 is 0 Å². The first-order valence-electron chi connectivity index (χ1n) is 7.76. The van der Waals surface area contributed by atoms with Crippen molar-refractivity contribution in [1.29, 1.82) is 0 Å². The predicted molar refractivity (Wildman–Crippen MR) is 92.5 cm³/mol. The molecule has 24 heavy (non-hydrogen) atoms. The Kier molecular flexibility index (Phi) is 5.32. The molecule has 0 amide bonds. The highest BCUT2D eigenvalue weighted by atomic mass is 32.2. The van der Waals surface area contributed by atoms with Gasteiger partial charge in [0.1, 0.15) is 11.1 Å². The van der Waals surface area contributed by atoms with Crippen LogP contribution in [0, 0.1) is 6.92 Å². The molecule has 0 unspecified atom stereocenters. The molecule has 0 spiro atoms. The van der Waals surface area contributed by atoms with E-state index in [4.69, 9.17) is 4.74 Å². The number of morpholine rings is 1. The summed E-state index contributed by atoms with van der Waals surface area (Å²) in [6.07, 6.45) is 0. The number of hydrogen-bond acceptors (Lipinski definition) is 6. The van der Waals surface area contributed by atoms with Crippen LogP contribution in [-0.2, 0) is 9.53 Å². The molecular weight excluding hydrogens is 326 g/mol. The van der Waals surface area contributed by atoms with Gasteiger partial charge in [0.15, 0.2) is 5.16 Å². The number of carbonyl (C=O) groups is 1. The molecule has 1 atom stereocenters. The molecule has 2 aromatic rings. The number of rotatable bonds is 5. The summed E-state index contributed by atoms with van der Waals surface area (Å²) >= 11 is 1.16. The number of aryl methyl sites for hydroxylation is 1. The lowest BCUT2D eigenvalue weighted by Crippen LogP contribution is -2.36. The van der Waals surface area contributed by atoms with Crippen LogP contribution in [0.3, 0.4) is 0 Å². The minimum absolute atomic E-state index is 0.479. The van der Waals surface area contributed by atoms with E-state index < -0.39 is 11.2 Å². The third-order valence-corrected chi connectivity index (χ3v) is 4.81. The molecular formula is C17H19N3O3S. The number of carboxylic acid groups (broad SMARTS) is 1. The van der Waals surface area contributed by atoms with E-state index in [9.17, 15) is 9.90 Å². The fourth-order valence-corrected chi connectivity index (χ4v) is 3.47. The number of benzene rings is 1. The minimum Gasteiger partial charge on any atom is -0.480 e. The van der Waals surface area contributed by atoms with E-state index in [2.05, 4.69) is 14.9 Å². The SMILES string of the molecule is Cc1cc(N2CCOCC2)nc(S[C@@H](C(=O)O)c2ccccc2)n1. The molecule has 6 nitrogen and oxygen atoms in total. The van der Waals surface area contributed by atoms with Gasteiger partial charge in [0, 0.05) is 24.8 Å². The highest BCUT2D eigenvalue weighted by molar-refractivity contribution is 8.00. The van der Waals surface area contributed by atoms with Crippen LogP contribution < -0.4 is 4.90 Å². The zero-order chi connectivity index (χ0) is 16.9. The van der Waals surface area contributed by atoms with Crippen molar-refractivity contribution < 1.29 is 14.6 Å². The second-order valence-corrected chi connectivity index (χ2v) is 6.57. The molecule has 1 N–H and O–H groups in total. The number of thioether (sulfide) groups is 1. The average molecular weight is 345 g/mol. The van der Waals surface area contributed by atoms with Crippen molar-refractivity contribution in [2.24, 2.45) is 0 Å². The lowest BCUT2D eigenvalue weighted by molar-refractivity contribution is -0.136. The second-order valence-electron chi connectivity index (χ2n) is 5.50. The van der Waals surface area contributed by atoms with E-state index in [1.165, 1.54) is 0 Å². The summed E-state index contributed by atoms with van der Waals surface area (Å²) in [5, 5.41) is 9.32. The maximum absolute atomic E-state index is 11.7. The highest BCUT2D eigenvalue weighted by Gasteiger charge is 2.23. The molecule has 0 bridgehead atoms. The number of aliphatic carboxylic acids is 1. The summed E-state index contributed by atoms with van der Waals surface area (Å²) in [6, 6.07) is 11.1. The van der Waals surface area contributed by atoms with Crippen LogP contribution in [0.5, 0.6) is 0 Å². The second kappa shape index (κ2) is 7.63. The van der Waals surface area contributed by atoms with Gasteiger partial charge < -0.3 is 14.7 Å². The van der Waals surface area contributed by atoms with Gasteiger partial charge in [-0.2, -0.15) is 0 Å². The molecule has 0 radical (unpaired) electrons. The van der Waals surface area contributed by atoms with Crippen molar-refractivity contribution in [2.45, 2.75) is 17.3 Å². The lowest BCUT2D eigenvalue weighted by atomic mass is 10.1. The van der Waals surface area contributed by atoms with Gasteiger partial charge in [0.2, 0.25) is 0 Å². The van der Waals surface area contributed by atoms with Gasteiger partial charge in [-0.15, -0.1) is 0 Å². The standard InChI is InChI=1S/C17H19N3O3S/c1-12-11-14(20-7-9-23-10-8-20)19-17(18-12)24-15(16(21)22)13-5-3-2-4-6-13/h2-6,11,15H,7-10H2,1H3,(H,21,22)/t15-/m1/s1. The van der Waals surface area contributed by atoms with Crippen LogP contribution in [0.2, 0.25) is 0 Å². The van der Waals surface area contributed by atoms with Gasteiger partial charge >= 0.3 is 5.97 Å².